The van der Waals surface area contributed by atoms with Crippen LogP contribution in [0.5, 0.6) is 0 Å². The second-order valence-corrected chi connectivity index (χ2v) is 9.93. The zero-order valence-corrected chi connectivity index (χ0v) is 19.8. The number of nitrogens with zero attached hydrogens (tertiary/aromatic N) is 2. The van der Waals surface area contributed by atoms with Crippen LogP contribution in [0.15, 0.2) is 45.5 Å². The van der Waals surface area contributed by atoms with Crippen molar-refractivity contribution in [3.8, 4) is 10.4 Å². The van der Waals surface area contributed by atoms with E-state index in [1.54, 1.807) is 17.4 Å². The van der Waals surface area contributed by atoms with Gasteiger partial charge < -0.3 is 5.32 Å². The third kappa shape index (κ3) is 5.84. The Hall–Kier alpha value is -2.43. The molecule has 3 amide bonds. The van der Waals surface area contributed by atoms with E-state index in [-0.39, 0.29) is 17.9 Å². The van der Waals surface area contributed by atoms with Gasteiger partial charge in [-0.2, -0.15) is 0 Å². The second-order valence-electron chi connectivity index (χ2n) is 7.18. The van der Waals surface area contributed by atoms with Crippen LogP contribution in [0, 0.1) is 5.92 Å². The highest BCUT2D eigenvalue weighted by molar-refractivity contribution is 7.99. The first kappa shape index (κ1) is 23.2. The predicted octanol–water partition coefficient (Wildman–Crippen LogP) is 4.34. The van der Waals surface area contributed by atoms with Crippen molar-refractivity contribution < 1.29 is 9.59 Å². The number of imide groups is 1. The summed E-state index contributed by atoms with van der Waals surface area (Å²) in [5.74, 6) is -0.0146. The average molecular weight is 477 g/mol. The number of amides is 3. The Balaban J connectivity index is 1.75. The SMILES string of the molecule is C=CCn1c(SCC(=O)NC(=O)NCCC(C)C)nc2scc(-c3cccs3)c2c1=O. The molecule has 31 heavy (non-hydrogen) atoms. The van der Waals surface area contributed by atoms with Crippen LogP contribution in [0.3, 0.4) is 0 Å². The van der Waals surface area contributed by atoms with Gasteiger partial charge in [0.05, 0.1) is 11.1 Å². The molecule has 0 radical (unpaired) electrons. The molecular weight excluding hydrogens is 452 g/mol. The lowest BCUT2D eigenvalue weighted by molar-refractivity contribution is -0.117. The summed E-state index contributed by atoms with van der Waals surface area (Å²) >= 11 is 4.09. The van der Waals surface area contributed by atoms with Gasteiger partial charge in [-0.25, -0.2) is 9.78 Å². The smallest absolute Gasteiger partial charge is 0.321 e. The number of allylic oxidation sites excluding steroid dienone is 1. The third-order valence-corrected chi connectivity index (χ3v) is 7.10. The molecule has 0 unspecified atom stereocenters. The predicted molar refractivity (Wildman–Crippen MR) is 129 cm³/mol. The first-order valence-electron chi connectivity index (χ1n) is 9.78. The van der Waals surface area contributed by atoms with Crippen molar-refractivity contribution in [1.29, 1.82) is 0 Å². The van der Waals surface area contributed by atoms with Gasteiger partial charge >= 0.3 is 6.03 Å². The summed E-state index contributed by atoms with van der Waals surface area (Å²) in [5, 5.41) is 9.88. The van der Waals surface area contributed by atoms with Gasteiger partial charge in [0, 0.05) is 28.9 Å². The number of carbonyl (C=O) groups excluding carboxylic acids is 2. The Labute approximate surface area is 192 Å². The topological polar surface area (TPSA) is 93.1 Å². The molecule has 3 aromatic heterocycles. The highest BCUT2D eigenvalue weighted by atomic mass is 32.2. The fourth-order valence-electron chi connectivity index (χ4n) is 2.83. The van der Waals surface area contributed by atoms with E-state index in [0.29, 0.717) is 27.8 Å². The molecule has 3 aromatic rings. The minimum absolute atomic E-state index is 0.0319. The Morgan fingerprint density at radius 1 is 1.35 bits per heavy atom. The van der Waals surface area contributed by atoms with Gasteiger partial charge in [-0.3, -0.25) is 19.5 Å². The van der Waals surface area contributed by atoms with E-state index in [1.165, 1.54) is 15.9 Å². The van der Waals surface area contributed by atoms with Crippen LogP contribution in [-0.4, -0.2) is 33.8 Å². The number of nitrogens with one attached hydrogen (secondary N) is 2. The highest BCUT2D eigenvalue weighted by Crippen LogP contribution is 2.34. The molecule has 0 aliphatic heterocycles. The van der Waals surface area contributed by atoms with Crippen molar-refractivity contribution >= 4 is 56.6 Å². The fourth-order valence-corrected chi connectivity index (χ4v) is 5.44. The molecule has 2 N–H and O–H groups in total. The standard InChI is InChI=1S/C21H24N4O3S3/c1-4-9-25-19(27)17-14(15-6-5-10-29-15)11-30-18(17)24-21(25)31-12-16(26)23-20(28)22-8-7-13(2)3/h4-6,10-11,13H,1,7-9,12H2,2-3H3,(H2,22,23,26,28). The Bertz CT molecular complexity index is 1130. The molecule has 164 valence electrons. The largest absolute Gasteiger partial charge is 0.338 e. The summed E-state index contributed by atoms with van der Waals surface area (Å²) in [4.78, 5) is 43.5. The van der Waals surface area contributed by atoms with Crippen LogP contribution in [0.4, 0.5) is 4.79 Å². The van der Waals surface area contributed by atoms with Crippen molar-refractivity contribution in [1.82, 2.24) is 20.2 Å². The first-order chi connectivity index (χ1) is 14.9. The first-order valence-corrected chi connectivity index (χ1v) is 12.5. The molecule has 0 fully saturated rings. The molecule has 0 saturated heterocycles. The number of aromatic nitrogens is 2. The molecule has 0 atom stereocenters. The highest BCUT2D eigenvalue weighted by Gasteiger charge is 2.18. The Kier molecular flexibility index (Phi) is 8.05. The molecule has 0 aromatic carbocycles. The molecule has 0 spiro atoms. The van der Waals surface area contributed by atoms with Crippen LogP contribution in [0.1, 0.15) is 20.3 Å². The van der Waals surface area contributed by atoms with Crippen molar-refractivity contribution in [2.75, 3.05) is 12.3 Å². The van der Waals surface area contributed by atoms with Crippen LogP contribution in [0.2, 0.25) is 0 Å². The van der Waals surface area contributed by atoms with E-state index in [4.69, 9.17) is 0 Å². The zero-order valence-electron chi connectivity index (χ0n) is 17.3. The molecule has 10 heteroatoms. The van der Waals surface area contributed by atoms with Gasteiger partial charge in [-0.05, 0) is 23.8 Å². The third-order valence-electron chi connectivity index (χ3n) is 4.35. The van der Waals surface area contributed by atoms with Gasteiger partial charge in [0.25, 0.3) is 5.56 Å². The maximum absolute atomic E-state index is 13.2. The van der Waals surface area contributed by atoms with E-state index in [1.807, 2.05) is 22.9 Å². The average Bonchev–Trinajstić information content (AvgIpc) is 3.38. The summed E-state index contributed by atoms with van der Waals surface area (Å²) in [6.07, 6.45) is 2.46. The van der Waals surface area contributed by atoms with E-state index >= 15 is 0 Å². The van der Waals surface area contributed by atoms with E-state index in [2.05, 4.69) is 36.0 Å². The molecule has 0 aliphatic rings. The van der Waals surface area contributed by atoms with E-state index in [0.717, 1.165) is 28.6 Å². The van der Waals surface area contributed by atoms with Gasteiger partial charge in [0.15, 0.2) is 5.16 Å². The lowest BCUT2D eigenvalue weighted by Gasteiger charge is -2.11. The van der Waals surface area contributed by atoms with Gasteiger partial charge in [-0.15, -0.1) is 29.3 Å². The molecule has 7 nitrogen and oxygen atoms in total. The van der Waals surface area contributed by atoms with Crippen LogP contribution >= 0.6 is 34.4 Å². The summed E-state index contributed by atoms with van der Waals surface area (Å²) in [7, 11) is 0. The summed E-state index contributed by atoms with van der Waals surface area (Å²) in [6, 6.07) is 3.40. The Morgan fingerprint density at radius 2 is 2.16 bits per heavy atom. The monoisotopic (exact) mass is 476 g/mol. The van der Waals surface area contributed by atoms with E-state index < -0.39 is 11.9 Å². The van der Waals surface area contributed by atoms with Crippen LogP contribution in [-0.2, 0) is 11.3 Å². The van der Waals surface area contributed by atoms with Gasteiger partial charge in [0.2, 0.25) is 5.91 Å². The van der Waals surface area contributed by atoms with Gasteiger partial charge in [0.1, 0.15) is 4.83 Å². The number of fused-ring (bicyclic) bond motifs is 1. The van der Waals surface area contributed by atoms with Gasteiger partial charge in [-0.1, -0.05) is 37.8 Å². The van der Waals surface area contributed by atoms with E-state index in [9.17, 15) is 14.4 Å². The number of rotatable bonds is 9. The molecule has 0 aliphatic carbocycles. The molecule has 3 rings (SSSR count). The Morgan fingerprint density at radius 3 is 2.84 bits per heavy atom. The lowest BCUT2D eigenvalue weighted by Crippen LogP contribution is -2.41. The summed E-state index contributed by atoms with van der Waals surface area (Å²) < 4.78 is 1.51. The maximum Gasteiger partial charge on any atom is 0.321 e. The number of hydrogen-bond acceptors (Lipinski definition) is 7. The number of thioether (sulfide) groups is 1. The molecule has 3 heterocycles. The minimum Gasteiger partial charge on any atom is -0.338 e. The lowest BCUT2D eigenvalue weighted by atomic mass is 10.1. The van der Waals surface area contributed by atoms with Crippen molar-refractivity contribution in [2.24, 2.45) is 5.92 Å². The summed E-state index contributed by atoms with van der Waals surface area (Å²) in [5.41, 5.74) is 0.710. The molecule has 0 bridgehead atoms. The van der Waals surface area contributed by atoms with Crippen molar-refractivity contribution in [3.05, 3.63) is 45.9 Å². The number of thiophene rings is 2. The number of carbonyl (C=O) groups is 2. The number of urea groups is 1. The van der Waals surface area contributed by atoms with Crippen LogP contribution in [0.25, 0.3) is 20.7 Å². The minimum atomic E-state index is -0.517. The summed E-state index contributed by atoms with van der Waals surface area (Å²) in [6.45, 7) is 8.64. The van der Waals surface area contributed by atoms with Crippen molar-refractivity contribution in [3.63, 3.8) is 0 Å². The normalized spacial score (nSPS) is 11.1. The molecular formula is C21H24N4O3S3. The zero-order chi connectivity index (χ0) is 22.4. The number of hydrogen-bond donors (Lipinski definition) is 2. The molecule has 0 saturated carbocycles. The fraction of sp³-hybridized carbons (Fsp3) is 0.333. The van der Waals surface area contributed by atoms with Crippen LogP contribution < -0.4 is 16.2 Å². The second kappa shape index (κ2) is 10.7. The van der Waals surface area contributed by atoms with Crippen molar-refractivity contribution in [2.45, 2.75) is 32.0 Å². The quantitative estimate of drug-likeness (QED) is 0.272. The maximum atomic E-state index is 13.2.